The molecule has 1 aliphatic carbocycles. The van der Waals surface area contributed by atoms with E-state index in [0.717, 1.165) is 9.45 Å². The van der Waals surface area contributed by atoms with Crippen LogP contribution in [0, 0.1) is 3.70 Å². The SMILES string of the molecule is CSc1cc(OC2CC2)cnc1I. The number of thioether (sulfide) groups is 1. The Kier molecular flexibility index (Phi) is 2.98. The smallest absolute Gasteiger partial charge is 0.139 e. The molecule has 0 spiro atoms. The third-order valence-corrected chi connectivity index (χ3v) is 3.81. The van der Waals surface area contributed by atoms with Crippen molar-refractivity contribution >= 4 is 34.4 Å². The lowest BCUT2D eigenvalue weighted by Crippen LogP contribution is -1.97. The monoisotopic (exact) mass is 307 g/mol. The summed E-state index contributed by atoms with van der Waals surface area (Å²) in [5.41, 5.74) is 0. The maximum atomic E-state index is 5.64. The minimum absolute atomic E-state index is 0.455. The topological polar surface area (TPSA) is 22.1 Å². The van der Waals surface area contributed by atoms with Crippen LogP contribution in [0.4, 0.5) is 0 Å². The Labute approximate surface area is 95.6 Å². The minimum Gasteiger partial charge on any atom is -0.489 e. The Morgan fingerprint density at radius 3 is 3.00 bits per heavy atom. The fraction of sp³-hybridized carbons (Fsp3) is 0.444. The van der Waals surface area contributed by atoms with E-state index in [-0.39, 0.29) is 0 Å². The van der Waals surface area contributed by atoms with Gasteiger partial charge in [-0.25, -0.2) is 4.98 Å². The molecule has 0 radical (unpaired) electrons. The first-order chi connectivity index (χ1) is 6.29. The fourth-order valence-electron chi connectivity index (χ4n) is 0.996. The standard InChI is InChI=1S/C9H10INOS/c1-13-8-4-7(5-11-9(8)10)12-6-2-3-6/h4-6H,2-3H2,1H3. The average Bonchev–Trinajstić information content (AvgIpc) is 2.92. The van der Waals surface area contributed by atoms with E-state index in [1.807, 2.05) is 0 Å². The molecule has 0 saturated heterocycles. The first-order valence-corrected chi connectivity index (χ1v) is 6.46. The summed E-state index contributed by atoms with van der Waals surface area (Å²) >= 11 is 3.95. The number of aromatic nitrogens is 1. The summed E-state index contributed by atoms with van der Waals surface area (Å²) in [7, 11) is 0. The molecular formula is C9H10INOS. The zero-order valence-electron chi connectivity index (χ0n) is 7.29. The van der Waals surface area contributed by atoms with E-state index in [4.69, 9.17) is 4.74 Å². The van der Waals surface area contributed by atoms with Crippen LogP contribution in [-0.2, 0) is 0 Å². The Hall–Kier alpha value is 0.0300. The van der Waals surface area contributed by atoms with Crippen molar-refractivity contribution in [1.29, 1.82) is 0 Å². The quantitative estimate of drug-likeness (QED) is 0.487. The highest BCUT2D eigenvalue weighted by molar-refractivity contribution is 14.1. The van der Waals surface area contributed by atoms with Crippen LogP contribution in [0.3, 0.4) is 0 Å². The predicted octanol–water partition coefficient (Wildman–Crippen LogP) is 2.95. The van der Waals surface area contributed by atoms with Gasteiger partial charge >= 0.3 is 0 Å². The zero-order valence-corrected chi connectivity index (χ0v) is 10.3. The molecule has 0 aromatic carbocycles. The number of nitrogens with zero attached hydrogens (tertiary/aromatic N) is 1. The van der Waals surface area contributed by atoms with Gasteiger partial charge in [-0.15, -0.1) is 11.8 Å². The van der Waals surface area contributed by atoms with E-state index in [1.165, 1.54) is 17.7 Å². The van der Waals surface area contributed by atoms with Crippen molar-refractivity contribution in [3.63, 3.8) is 0 Å². The van der Waals surface area contributed by atoms with E-state index in [1.54, 1.807) is 18.0 Å². The number of rotatable bonds is 3. The van der Waals surface area contributed by atoms with Gasteiger partial charge in [0.25, 0.3) is 0 Å². The number of ether oxygens (including phenoxy) is 1. The summed E-state index contributed by atoms with van der Waals surface area (Å²) in [5.74, 6) is 0.910. The highest BCUT2D eigenvalue weighted by Gasteiger charge is 2.23. The molecule has 0 unspecified atom stereocenters. The van der Waals surface area contributed by atoms with Gasteiger partial charge in [0.05, 0.1) is 12.3 Å². The Bertz CT molecular complexity index is 314. The van der Waals surface area contributed by atoms with Crippen LogP contribution in [0.5, 0.6) is 5.75 Å². The van der Waals surface area contributed by atoms with Crippen molar-refractivity contribution in [2.24, 2.45) is 0 Å². The van der Waals surface area contributed by atoms with Crippen LogP contribution in [0.2, 0.25) is 0 Å². The lowest BCUT2D eigenvalue weighted by molar-refractivity contribution is 0.301. The first-order valence-electron chi connectivity index (χ1n) is 4.16. The fourth-order valence-corrected chi connectivity index (χ4v) is 2.41. The molecule has 70 valence electrons. The van der Waals surface area contributed by atoms with Crippen LogP contribution >= 0.6 is 34.4 Å². The van der Waals surface area contributed by atoms with Gasteiger partial charge in [-0.1, -0.05) is 0 Å². The summed E-state index contributed by atoms with van der Waals surface area (Å²) in [5, 5.41) is 0. The van der Waals surface area contributed by atoms with Gasteiger partial charge in [-0.3, -0.25) is 0 Å². The molecule has 0 N–H and O–H groups in total. The molecule has 1 heterocycles. The van der Waals surface area contributed by atoms with Crippen molar-refractivity contribution in [3.8, 4) is 5.75 Å². The maximum Gasteiger partial charge on any atom is 0.139 e. The minimum atomic E-state index is 0.455. The molecule has 1 aromatic heterocycles. The van der Waals surface area contributed by atoms with Crippen LogP contribution in [0.15, 0.2) is 17.2 Å². The largest absolute Gasteiger partial charge is 0.489 e. The van der Waals surface area contributed by atoms with Crippen molar-refractivity contribution in [2.75, 3.05) is 6.26 Å². The van der Waals surface area contributed by atoms with Gasteiger partial charge in [0, 0.05) is 4.90 Å². The average molecular weight is 307 g/mol. The maximum absolute atomic E-state index is 5.64. The molecule has 0 amide bonds. The molecule has 0 aliphatic heterocycles. The molecule has 1 fully saturated rings. The van der Waals surface area contributed by atoms with E-state index < -0.39 is 0 Å². The van der Waals surface area contributed by atoms with Gasteiger partial charge in [-0.05, 0) is 47.8 Å². The van der Waals surface area contributed by atoms with Crippen molar-refractivity contribution in [2.45, 2.75) is 23.8 Å². The molecule has 13 heavy (non-hydrogen) atoms. The first kappa shape index (κ1) is 9.58. The zero-order chi connectivity index (χ0) is 9.26. The van der Waals surface area contributed by atoms with E-state index in [2.05, 4.69) is 39.9 Å². The molecule has 2 rings (SSSR count). The Morgan fingerprint density at radius 2 is 2.38 bits per heavy atom. The van der Waals surface area contributed by atoms with Gasteiger partial charge < -0.3 is 4.74 Å². The van der Waals surface area contributed by atoms with Crippen molar-refractivity contribution in [1.82, 2.24) is 4.98 Å². The summed E-state index contributed by atoms with van der Waals surface area (Å²) in [6, 6.07) is 2.07. The summed E-state index contributed by atoms with van der Waals surface area (Å²) < 4.78 is 6.69. The van der Waals surface area contributed by atoms with Gasteiger partial charge in [-0.2, -0.15) is 0 Å². The highest BCUT2D eigenvalue weighted by atomic mass is 127. The number of hydrogen-bond donors (Lipinski definition) is 0. The lowest BCUT2D eigenvalue weighted by atomic mass is 10.4. The normalized spacial score (nSPS) is 15.8. The van der Waals surface area contributed by atoms with E-state index in [0.29, 0.717) is 6.10 Å². The molecule has 4 heteroatoms. The van der Waals surface area contributed by atoms with Crippen molar-refractivity contribution < 1.29 is 4.74 Å². The Balaban J connectivity index is 2.16. The van der Waals surface area contributed by atoms with Gasteiger partial charge in [0.1, 0.15) is 9.45 Å². The molecule has 0 bridgehead atoms. The summed E-state index contributed by atoms with van der Waals surface area (Å²) in [6.45, 7) is 0. The van der Waals surface area contributed by atoms with Gasteiger partial charge in [0.15, 0.2) is 0 Å². The van der Waals surface area contributed by atoms with Crippen LogP contribution < -0.4 is 4.74 Å². The number of halogens is 1. The van der Waals surface area contributed by atoms with Crippen LogP contribution in [0.1, 0.15) is 12.8 Å². The molecular weight excluding hydrogens is 297 g/mol. The number of hydrogen-bond acceptors (Lipinski definition) is 3. The van der Waals surface area contributed by atoms with Crippen molar-refractivity contribution in [3.05, 3.63) is 16.0 Å². The molecule has 0 atom stereocenters. The third kappa shape index (κ3) is 2.49. The van der Waals surface area contributed by atoms with Crippen LogP contribution in [0.25, 0.3) is 0 Å². The summed E-state index contributed by atoms with van der Waals surface area (Å²) in [6.07, 6.45) is 6.71. The molecule has 1 aromatic rings. The summed E-state index contributed by atoms with van der Waals surface area (Å²) in [4.78, 5) is 5.46. The molecule has 2 nitrogen and oxygen atoms in total. The van der Waals surface area contributed by atoms with E-state index in [9.17, 15) is 0 Å². The molecule has 1 saturated carbocycles. The Morgan fingerprint density at radius 1 is 1.62 bits per heavy atom. The second kappa shape index (κ2) is 4.04. The van der Waals surface area contributed by atoms with Gasteiger partial charge in [0.2, 0.25) is 0 Å². The highest BCUT2D eigenvalue weighted by Crippen LogP contribution is 2.29. The molecule has 1 aliphatic rings. The number of pyridine rings is 1. The van der Waals surface area contributed by atoms with E-state index >= 15 is 0 Å². The second-order valence-corrected chi connectivity index (χ2v) is 4.85. The second-order valence-electron chi connectivity index (χ2n) is 2.98. The third-order valence-electron chi connectivity index (χ3n) is 1.83. The van der Waals surface area contributed by atoms with Crippen LogP contribution in [-0.4, -0.2) is 17.3 Å². The lowest BCUT2D eigenvalue weighted by Gasteiger charge is -2.05. The predicted molar refractivity (Wildman–Crippen MR) is 62.4 cm³/mol.